The predicted molar refractivity (Wildman–Crippen MR) is 110 cm³/mol. The first kappa shape index (κ1) is 15.5. The van der Waals surface area contributed by atoms with Crippen molar-refractivity contribution < 1.29 is 4.79 Å². The third-order valence-corrected chi connectivity index (χ3v) is 9.15. The molecule has 2 aromatic carbocycles. The van der Waals surface area contributed by atoms with Crippen molar-refractivity contribution in [1.82, 2.24) is 4.98 Å². The Morgan fingerprint density at radius 1 is 1.11 bits per heavy atom. The molecule has 4 unspecified atom stereocenters. The molecular formula is C24H20N2OS. The summed E-state index contributed by atoms with van der Waals surface area (Å²) in [4.78, 5) is 18.0. The summed E-state index contributed by atoms with van der Waals surface area (Å²) < 4.78 is 0. The lowest BCUT2D eigenvalue weighted by molar-refractivity contribution is -0.140. The monoisotopic (exact) mass is 384 g/mol. The Morgan fingerprint density at radius 2 is 1.79 bits per heavy atom. The van der Waals surface area contributed by atoms with Crippen molar-refractivity contribution in [1.29, 1.82) is 0 Å². The van der Waals surface area contributed by atoms with Gasteiger partial charge in [0.25, 0.3) is 0 Å². The van der Waals surface area contributed by atoms with E-state index in [2.05, 4.69) is 65.8 Å². The minimum absolute atomic E-state index is 0.00373. The van der Waals surface area contributed by atoms with Crippen molar-refractivity contribution in [3.05, 3.63) is 81.9 Å². The maximum Gasteiger partial charge on any atom is 0.232 e. The normalized spacial score (nSPS) is 33.9. The first-order valence-electron chi connectivity index (χ1n) is 9.99. The number of fused-ring (bicyclic) bond motifs is 7. The van der Waals surface area contributed by atoms with Gasteiger partial charge in [-0.2, -0.15) is 0 Å². The molecule has 4 aliphatic rings. The highest BCUT2D eigenvalue weighted by Gasteiger charge is 2.98. The highest BCUT2D eigenvalue weighted by molar-refractivity contribution is 7.13. The summed E-state index contributed by atoms with van der Waals surface area (Å²) in [6, 6.07) is 17.8. The van der Waals surface area contributed by atoms with Crippen molar-refractivity contribution >= 4 is 22.4 Å². The third-order valence-electron chi connectivity index (χ3n) is 8.27. The van der Waals surface area contributed by atoms with Crippen LogP contribution in [-0.4, -0.2) is 10.9 Å². The summed E-state index contributed by atoms with van der Waals surface area (Å²) in [5.74, 6) is 1.07. The molecule has 1 amide bonds. The summed E-state index contributed by atoms with van der Waals surface area (Å²) in [7, 11) is 0. The van der Waals surface area contributed by atoms with E-state index in [1.54, 1.807) is 0 Å². The number of nitrogens with zero attached hydrogens (tertiary/aromatic N) is 1. The fraction of sp³-hybridized carbons (Fsp3) is 0.333. The first-order valence-corrected chi connectivity index (χ1v) is 10.9. The summed E-state index contributed by atoms with van der Waals surface area (Å²) >= 11 is 1.51. The van der Waals surface area contributed by atoms with Gasteiger partial charge in [-0.1, -0.05) is 55.5 Å². The number of rotatable bonds is 2. The van der Waals surface area contributed by atoms with E-state index < -0.39 is 0 Å². The number of amides is 1. The zero-order valence-corrected chi connectivity index (χ0v) is 16.6. The van der Waals surface area contributed by atoms with Gasteiger partial charge in [-0.15, -0.1) is 11.3 Å². The summed E-state index contributed by atoms with van der Waals surface area (Å²) in [5.41, 5.74) is 6.59. The Balaban J connectivity index is 1.36. The number of hydrogen-bond donors (Lipinski definition) is 1. The number of carbonyl (C=O) groups excluding carboxylic acids is 1. The number of aromatic nitrogens is 1. The minimum atomic E-state index is -0.375. The van der Waals surface area contributed by atoms with E-state index in [1.807, 2.05) is 12.3 Å². The molecule has 1 heterocycles. The Kier molecular flexibility index (Phi) is 2.43. The van der Waals surface area contributed by atoms with Gasteiger partial charge in [0.1, 0.15) is 0 Å². The molecule has 2 fully saturated rings. The quantitative estimate of drug-likeness (QED) is 0.677. The van der Waals surface area contributed by atoms with E-state index >= 15 is 0 Å². The van der Waals surface area contributed by atoms with Crippen LogP contribution < -0.4 is 5.32 Å². The van der Waals surface area contributed by atoms with Gasteiger partial charge in [0.2, 0.25) is 5.91 Å². The van der Waals surface area contributed by atoms with Crippen molar-refractivity contribution in [3.63, 3.8) is 0 Å². The number of nitrogens with one attached hydrogen (secondary N) is 1. The van der Waals surface area contributed by atoms with Crippen LogP contribution in [0.3, 0.4) is 0 Å². The van der Waals surface area contributed by atoms with Crippen LogP contribution in [0, 0.1) is 17.8 Å². The van der Waals surface area contributed by atoms with Crippen LogP contribution in [0.2, 0.25) is 0 Å². The number of aryl methyl sites for hydroxylation is 1. The molecular weight excluding hydrogens is 364 g/mol. The van der Waals surface area contributed by atoms with Crippen molar-refractivity contribution in [2.45, 2.75) is 37.5 Å². The summed E-state index contributed by atoms with van der Waals surface area (Å²) in [5, 5.41) is 5.87. The van der Waals surface area contributed by atoms with E-state index in [-0.39, 0.29) is 22.2 Å². The highest BCUT2D eigenvalue weighted by atomic mass is 32.1. The second kappa shape index (κ2) is 4.41. The molecule has 4 aliphatic carbocycles. The molecule has 0 saturated heterocycles. The summed E-state index contributed by atoms with van der Waals surface area (Å²) in [6.07, 6.45) is 0.923. The summed E-state index contributed by atoms with van der Waals surface area (Å²) in [6.45, 7) is 4.16. The number of carbonyl (C=O) groups is 1. The van der Waals surface area contributed by atoms with Crippen LogP contribution in [0.15, 0.2) is 53.9 Å². The van der Waals surface area contributed by atoms with Gasteiger partial charge in [-0.25, -0.2) is 4.98 Å². The van der Waals surface area contributed by atoms with Gasteiger partial charge < -0.3 is 5.32 Å². The molecule has 2 saturated carbocycles. The molecule has 0 aliphatic heterocycles. The molecule has 3 aromatic rings. The van der Waals surface area contributed by atoms with E-state index in [1.165, 1.54) is 33.6 Å². The molecule has 1 aromatic heterocycles. The van der Waals surface area contributed by atoms with Crippen molar-refractivity contribution in [2.24, 2.45) is 10.8 Å². The molecule has 7 rings (SSSR count). The Morgan fingerprint density at radius 3 is 2.46 bits per heavy atom. The molecule has 4 heteroatoms. The zero-order chi connectivity index (χ0) is 18.9. The third kappa shape index (κ3) is 1.31. The van der Waals surface area contributed by atoms with E-state index in [9.17, 15) is 4.79 Å². The smallest absolute Gasteiger partial charge is 0.232 e. The zero-order valence-electron chi connectivity index (χ0n) is 15.8. The number of benzene rings is 2. The number of thiazole rings is 1. The largest absolute Gasteiger partial charge is 0.301 e. The van der Waals surface area contributed by atoms with Gasteiger partial charge in [0.15, 0.2) is 5.13 Å². The van der Waals surface area contributed by atoms with E-state index in [0.29, 0.717) is 11.8 Å². The first-order chi connectivity index (χ1) is 13.6. The highest BCUT2D eigenvalue weighted by Crippen LogP contribution is 3.01. The van der Waals surface area contributed by atoms with Gasteiger partial charge in [0.05, 0.1) is 11.1 Å². The molecule has 0 bridgehead atoms. The molecule has 4 atom stereocenters. The molecule has 138 valence electrons. The van der Waals surface area contributed by atoms with Crippen molar-refractivity contribution in [3.8, 4) is 0 Å². The maximum atomic E-state index is 13.6. The SMILES string of the molecule is Cc1csc(NC(=O)C2(C)CC3c4ccccc4C4C5(c6ccccc65)C342)n1. The van der Waals surface area contributed by atoms with Gasteiger partial charge in [-0.05, 0) is 41.5 Å². The average molecular weight is 385 g/mol. The van der Waals surface area contributed by atoms with Crippen LogP contribution in [0.4, 0.5) is 5.13 Å². The van der Waals surface area contributed by atoms with Crippen LogP contribution in [0.1, 0.15) is 53.1 Å². The van der Waals surface area contributed by atoms with E-state index in [4.69, 9.17) is 0 Å². The second-order valence-corrected chi connectivity index (χ2v) is 9.98. The average Bonchev–Trinajstić information content (AvgIpc) is 3.46. The van der Waals surface area contributed by atoms with E-state index in [0.717, 1.165) is 17.2 Å². The number of hydrogen-bond acceptors (Lipinski definition) is 3. The topological polar surface area (TPSA) is 42.0 Å². The molecule has 28 heavy (non-hydrogen) atoms. The Hall–Kier alpha value is -2.46. The predicted octanol–water partition coefficient (Wildman–Crippen LogP) is 4.98. The second-order valence-electron chi connectivity index (χ2n) is 9.12. The number of anilines is 1. The fourth-order valence-electron chi connectivity index (χ4n) is 7.41. The van der Waals surface area contributed by atoms with Gasteiger partial charge >= 0.3 is 0 Å². The van der Waals surface area contributed by atoms with Gasteiger partial charge in [0, 0.05) is 22.1 Å². The molecule has 2 spiro atoms. The maximum absolute atomic E-state index is 13.6. The van der Waals surface area contributed by atoms with Crippen LogP contribution in [0.25, 0.3) is 0 Å². The lowest BCUT2D eigenvalue weighted by Gasteiger charge is -2.53. The Labute approximate surface area is 167 Å². The lowest BCUT2D eigenvalue weighted by Crippen LogP contribution is -2.55. The standard InChI is InChI=1S/C24H20N2OS/c1-13-12-28-21(25-13)26-20(27)22(2)11-18-14-7-3-4-8-15(14)19-23(24(18,19)22)16-9-5-6-10-17(16)23/h3-10,12,18-19H,11H2,1-2H3,(H,25,26,27). The van der Waals surface area contributed by atoms with Crippen LogP contribution in [-0.2, 0) is 10.2 Å². The Bertz CT molecular complexity index is 1190. The van der Waals surface area contributed by atoms with Crippen molar-refractivity contribution in [2.75, 3.05) is 5.32 Å². The lowest BCUT2D eigenvalue weighted by atomic mass is 9.49. The molecule has 1 N–H and O–H groups in total. The van der Waals surface area contributed by atoms with Crippen LogP contribution >= 0.6 is 11.3 Å². The van der Waals surface area contributed by atoms with Gasteiger partial charge in [-0.3, -0.25) is 4.79 Å². The van der Waals surface area contributed by atoms with Crippen LogP contribution in [0.5, 0.6) is 0 Å². The fourth-order valence-corrected chi connectivity index (χ4v) is 8.09. The molecule has 0 radical (unpaired) electrons. The molecule has 3 nitrogen and oxygen atoms in total. The minimum Gasteiger partial charge on any atom is -0.301 e.